The summed E-state index contributed by atoms with van der Waals surface area (Å²) >= 11 is 0. The molecule has 1 saturated carbocycles. The quantitative estimate of drug-likeness (QED) is 0.560. The summed E-state index contributed by atoms with van der Waals surface area (Å²) in [6.45, 7) is 3.81. The molecule has 0 N–H and O–H groups in total. The zero-order chi connectivity index (χ0) is 14.8. The fourth-order valence-electron chi connectivity index (χ4n) is 2.72. The van der Waals surface area contributed by atoms with Crippen molar-refractivity contribution in [3.8, 4) is 0 Å². The van der Waals surface area contributed by atoms with E-state index in [1.54, 1.807) is 13.8 Å². The van der Waals surface area contributed by atoms with Crippen LogP contribution in [-0.2, 0) is 28.6 Å². The van der Waals surface area contributed by atoms with Gasteiger partial charge in [-0.2, -0.15) is 0 Å². The molecule has 2 bridgehead atoms. The summed E-state index contributed by atoms with van der Waals surface area (Å²) in [4.78, 5) is 34.5. The second kappa shape index (κ2) is 5.81. The van der Waals surface area contributed by atoms with Crippen molar-refractivity contribution in [1.29, 1.82) is 0 Å². The predicted molar refractivity (Wildman–Crippen MR) is 67.6 cm³/mol. The molecule has 6 nitrogen and oxygen atoms in total. The molecule has 0 radical (unpaired) electrons. The van der Waals surface area contributed by atoms with Crippen LogP contribution < -0.4 is 0 Å². The number of esters is 3. The largest absolute Gasteiger partial charge is 0.466 e. The molecule has 3 unspecified atom stereocenters. The van der Waals surface area contributed by atoms with Crippen molar-refractivity contribution >= 4 is 17.9 Å². The van der Waals surface area contributed by atoms with Crippen molar-refractivity contribution in [2.45, 2.75) is 57.7 Å². The van der Waals surface area contributed by atoms with Crippen molar-refractivity contribution in [3.63, 3.8) is 0 Å². The standard InChI is InChI=1S/C14H20O6/c1-3-18-11(15)4-5-12(16)19-10-8-9-6-7-14(10,2)20-13(9)17/h9-10H,3-8H2,1-2H3. The molecule has 0 aromatic rings. The first-order chi connectivity index (χ1) is 9.44. The Morgan fingerprint density at radius 1 is 1.35 bits per heavy atom. The highest BCUT2D eigenvalue weighted by molar-refractivity contribution is 5.78. The van der Waals surface area contributed by atoms with Gasteiger partial charge in [-0.05, 0) is 26.7 Å². The monoisotopic (exact) mass is 284 g/mol. The van der Waals surface area contributed by atoms with E-state index < -0.39 is 23.6 Å². The third kappa shape index (κ3) is 3.11. The zero-order valence-electron chi connectivity index (χ0n) is 11.8. The number of hydrogen-bond donors (Lipinski definition) is 0. The van der Waals surface area contributed by atoms with Crippen LogP contribution in [0.4, 0.5) is 0 Å². The summed E-state index contributed by atoms with van der Waals surface area (Å²) in [7, 11) is 0. The fraction of sp³-hybridized carbons (Fsp3) is 0.786. The average Bonchev–Trinajstić information content (AvgIpc) is 2.38. The Kier molecular flexibility index (Phi) is 4.30. The molecule has 112 valence electrons. The summed E-state index contributed by atoms with van der Waals surface area (Å²) < 4.78 is 15.5. The highest BCUT2D eigenvalue weighted by atomic mass is 16.6. The zero-order valence-corrected chi connectivity index (χ0v) is 11.8. The molecule has 3 fully saturated rings. The van der Waals surface area contributed by atoms with E-state index in [1.165, 1.54) is 0 Å². The molecule has 6 heteroatoms. The van der Waals surface area contributed by atoms with Crippen LogP contribution in [0.15, 0.2) is 0 Å². The van der Waals surface area contributed by atoms with Gasteiger partial charge in [0.2, 0.25) is 0 Å². The van der Waals surface area contributed by atoms with E-state index in [9.17, 15) is 14.4 Å². The first kappa shape index (κ1) is 14.8. The number of carbonyl (C=O) groups is 3. The summed E-state index contributed by atoms with van der Waals surface area (Å²) in [5, 5.41) is 0. The van der Waals surface area contributed by atoms with E-state index in [1.807, 2.05) is 0 Å². The minimum Gasteiger partial charge on any atom is -0.466 e. The predicted octanol–water partition coefficient (Wildman–Crippen LogP) is 1.36. The Morgan fingerprint density at radius 3 is 2.65 bits per heavy atom. The molecule has 0 amide bonds. The first-order valence-corrected chi connectivity index (χ1v) is 7.02. The van der Waals surface area contributed by atoms with Crippen LogP contribution in [0, 0.1) is 5.92 Å². The van der Waals surface area contributed by atoms with E-state index in [-0.39, 0.29) is 24.7 Å². The average molecular weight is 284 g/mol. The maximum atomic E-state index is 11.7. The van der Waals surface area contributed by atoms with Gasteiger partial charge in [0.15, 0.2) is 0 Å². The highest BCUT2D eigenvalue weighted by Crippen LogP contribution is 2.43. The summed E-state index contributed by atoms with van der Waals surface area (Å²) in [6, 6.07) is 0. The molecule has 2 saturated heterocycles. The van der Waals surface area contributed by atoms with Crippen molar-refractivity contribution in [3.05, 3.63) is 0 Å². The van der Waals surface area contributed by atoms with E-state index in [0.717, 1.165) is 6.42 Å². The lowest BCUT2D eigenvalue weighted by Crippen LogP contribution is -2.57. The topological polar surface area (TPSA) is 78.9 Å². The SMILES string of the molecule is CCOC(=O)CCC(=O)OC1CC2CCC1(C)OC2=O. The lowest BCUT2D eigenvalue weighted by molar-refractivity contribution is -0.218. The van der Waals surface area contributed by atoms with Gasteiger partial charge >= 0.3 is 17.9 Å². The Labute approximate surface area is 117 Å². The molecule has 0 aromatic carbocycles. The lowest BCUT2D eigenvalue weighted by Gasteiger charge is -2.47. The van der Waals surface area contributed by atoms with Gasteiger partial charge in [0.25, 0.3) is 0 Å². The molecular weight excluding hydrogens is 264 g/mol. The second-order valence-electron chi connectivity index (χ2n) is 5.49. The maximum absolute atomic E-state index is 11.7. The molecule has 3 atom stereocenters. The van der Waals surface area contributed by atoms with Gasteiger partial charge in [-0.1, -0.05) is 0 Å². The van der Waals surface area contributed by atoms with Gasteiger partial charge in [-0.3, -0.25) is 14.4 Å². The molecule has 2 heterocycles. The van der Waals surface area contributed by atoms with Crippen LogP contribution in [0.5, 0.6) is 0 Å². The Hall–Kier alpha value is -1.59. The van der Waals surface area contributed by atoms with Crippen LogP contribution in [0.1, 0.15) is 46.0 Å². The Morgan fingerprint density at radius 2 is 2.05 bits per heavy atom. The molecule has 1 aliphatic carbocycles. The minimum absolute atomic E-state index is 0.00989. The van der Waals surface area contributed by atoms with Crippen LogP contribution in [-0.4, -0.2) is 36.2 Å². The molecule has 0 aromatic heterocycles. The fourth-order valence-corrected chi connectivity index (χ4v) is 2.72. The highest BCUT2D eigenvalue weighted by Gasteiger charge is 2.52. The second-order valence-corrected chi connectivity index (χ2v) is 5.49. The molecule has 0 spiro atoms. The van der Waals surface area contributed by atoms with E-state index >= 15 is 0 Å². The van der Waals surface area contributed by atoms with Gasteiger partial charge in [-0.15, -0.1) is 0 Å². The van der Waals surface area contributed by atoms with Crippen molar-refractivity contribution in [2.75, 3.05) is 6.61 Å². The van der Waals surface area contributed by atoms with Crippen molar-refractivity contribution < 1.29 is 28.6 Å². The van der Waals surface area contributed by atoms with Gasteiger partial charge in [0.1, 0.15) is 11.7 Å². The van der Waals surface area contributed by atoms with Crippen LogP contribution in [0.3, 0.4) is 0 Å². The number of ether oxygens (including phenoxy) is 3. The van der Waals surface area contributed by atoms with Crippen LogP contribution in [0.2, 0.25) is 0 Å². The third-order valence-electron chi connectivity index (χ3n) is 3.95. The third-order valence-corrected chi connectivity index (χ3v) is 3.95. The number of fused-ring (bicyclic) bond motifs is 3. The molecule has 20 heavy (non-hydrogen) atoms. The number of carbonyl (C=O) groups excluding carboxylic acids is 3. The molecule has 3 aliphatic rings. The van der Waals surface area contributed by atoms with E-state index in [4.69, 9.17) is 14.2 Å². The Bertz CT molecular complexity index is 418. The van der Waals surface area contributed by atoms with Crippen molar-refractivity contribution in [1.82, 2.24) is 0 Å². The van der Waals surface area contributed by atoms with Crippen molar-refractivity contribution in [2.24, 2.45) is 5.92 Å². The van der Waals surface area contributed by atoms with Gasteiger partial charge in [0, 0.05) is 6.42 Å². The Balaban J connectivity index is 1.83. The van der Waals surface area contributed by atoms with Gasteiger partial charge in [-0.25, -0.2) is 0 Å². The molecule has 3 rings (SSSR count). The smallest absolute Gasteiger partial charge is 0.309 e. The maximum Gasteiger partial charge on any atom is 0.309 e. The first-order valence-electron chi connectivity index (χ1n) is 7.02. The lowest BCUT2D eigenvalue weighted by atomic mass is 9.74. The molecule has 2 aliphatic heterocycles. The minimum atomic E-state index is -0.717. The van der Waals surface area contributed by atoms with E-state index in [2.05, 4.69) is 0 Å². The summed E-state index contributed by atoms with van der Waals surface area (Å²) in [5.74, 6) is -1.22. The van der Waals surface area contributed by atoms with Crippen LogP contribution >= 0.6 is 0 Å². The van der Waals surface area contributed by atoms with Crippen LogP contribution in [0.25, 0.3) is 0 Å². The van der Waals surface area contributed by atoms with E-state index in [0.29, 0.717) is 19.4 Å². The summed E-state index contributed by atoms with van der Waals surface area (Å²) in [6.07, 6.45) is 1.60. The molecular formula is C14H20O6. The van der Waals surface area contributed by atoms with Gasteiger partial charge in [0.05, 0.1) is 25.4 Å². The normalized spacial score (nSPS) is 31.6. The van der Waals surface area contributed by atoms with Gasteiger partial charge < -0.3 is 14.2 Å². The number of rotatable bonds is 5. The summed E-state index contributed by atoms with van der Waals surface area (Å²) in [5.41, 5.74) is -0.717. The number of hydrogen-bond acceptors (Lipinski definition) is 6.